The molecule has 19 heavy (non-hydrogen) atoms. The van der Waals surface area contributed by atoms with E-state index in [0.29, 0.717) is 5.41 Å². The lowest BCUT2D eigenvalue weighted by Gasteiger charge is -2.46. The second kappa shape index (κ2) is 7.33. The van der Waals surface area contributed by atoms with Crippen LogP contribution in [0, 0.1) is 5.41 Å². The van der Waals surface area contributed by atoms with Crippen molar-refractivity contribution in [1.82, 2.24) is 10.2 Å². The summed E-state index contributed by atoms with van der Waals surface area (Å²) in [5.41, 5.74) is 0.498. The van der Waals surface area contributed by atoms with Gasteiger partial charge in [0.2, 0.25) is 0 Å². The zero-order valence-electron chi connectivity index (χ0n) is 13.1. The smallest absolute Gasteiger partial charge is 0.0238 e. The zero-order chi connectivity index (χ0) is 13.7. The maximum absolute atomic E-state index is 3.68. The third-order valence-electron chi connectivity index (χ3n) is 4.93. The second-order valence-electron chi connectivity index (χ2n) is 6.97. The average Bonchev–Trinajstić information content (AvgIpc) is 2.87. The van der Waals surface area contributed by atoms with Crippen molar-refractivity contribution >= 4 is 11.8 Å². The van der Waals surface area contributed by atoms with Crippen LogP contribution in [-0.2, 0) is 0 Å². The van der Waals surface area contributed by atoms with Crippen molar-refractivity contribution in [1.29, 1.82) is 0 Å². The van der Waals surface area contributed by atoms with Crippen LogP contribution in [0.4, 0.5) is 0 Å². The number of thioether (sulfide) groups is 1. The van der Waals surface area contributed by atoms with Gasteiger partial charge in [-0.15, -0.1) is 0 Å². The van der Waals surface area contributed by atoms with E-state index in [0.717, 1.165) is 12.1 Å². The number of nitrogens with one attached hydrogen (secondary N) is 1. The van der Waals surface area contributed by atoms with Gasteiger partial charge < -0.3 is 5.32 Å². The Bertz CT molecular complexity index is 261. The van der Waals surface area contributed by atoms with E-state index in [9.17, 15) is 0 Å². The molecule has 2 unspecified atom stereocenters. The van der Waals surface area contributed by atoms with Gasteiger partial charge in [0.25, 0.3) is 0 Å². The van der Waals surface area contributed by atoms with Crippen molar-refractivity contribution in [3.8, 4) is 0 Å². The normalized spacial score (nSPS) is 30.9. The summed E-state index contributed by atoms with van der Waals surface area (Å²) in [7, 11) is 0. The molecule has 0 bridgehead atoms. The molecule has 2 heterocycles. The first-order chi connectivity index (χ1) is 9.13. The molecule has 2 aliphatic rings. The van der Waals surface area contributed by atoms with E-state index in [1.165, 1.54) is 63.2 Å². The van der Waals surface area contributed by atoms with Crippen LogP contribution in [-0.4, -0.2) is 48.1 Å². The molecule has 112 valence electrons. The standard InChI is InChI=1S/C16H32N2S/c1-4-5-10-18(12-14-7-6-9-17-14)15-13-19-11-8-16(15,2)3/h14-15,17H,4-13H2,1-3H3. The Hall–Kier alpha value is 0.270. The van der Waals surface area contributed by atoms with Crippen LogP contribution in [0.5, 0.6) is 0 Å². The molecule has 0 amide bonds. The third kappa shape index (κ3) is 4.37. The van der Waals surface area contributed by atoms with E-state index >= 15 is 0 Å². The highest BCUT2D eigenvalue weighted by molar-refractivity contribution is 7.99. The van der Waals surface area contributed by atoms with E-state index in [1.54, 1.807) is 0 Å². The lowest BCUT2D eigenvalue weighted by atomic mass is 9.81. The topological polar surface area (TPSA) is 15.3 Å². The summed E-state index contributed by atoms with van der Waals surface area (Å²) in [4.78, 5) is 2.82. The quantitative estimate of drug-likeness (QED) is 0.805. The molecule has 2 saturated heterocycles. The van der Waals surface area contributed by atoms with Crippen molar-refractivity contribution < 1.29 is 0 Å². The van der Waals surface area contributed by atoms with Gasteiger partial charge >= 0.3 is 0 Å². The van der Waals surface area contributed by atoms with Crippen LogP contribution >= 0.6 is 11.8 Å². The Morgan fingerprint density at radius 1 is 1.37 bits per heavy atom. The molecular formula is C16H32N2S. The lowest BCUT2D eigenvalue weighted by molar-refractivity contribution is 0.0877. The monoisotopic (exact) mass is 284 g/mol. The summed E-state index contributed by atoms with van der Waals surface area (Å²) in [6, 6.07) is 1.53. The number of nitrogens with zero attached hydrogens (tertiary/aromatic N) is 1. The number of rotatable bonds is 6. The number of hydrogen-bond acceptors (Lipinski definition) is 3. The largest absolute Gasteiger partial charge is 0.313 e. The Morgan fingerprint density at radius 2 is 2.21 bits per heavy atom. The highest BCUT2D eigenvalue weighted by atomic mass is 32.2. The zero-order valence-corrected chi connectivity index (χ0v) is 13.9. The van der Waals surface area contributed by atoms with Crippen molar-refractivity contribution in [2.75, 3.05) is 31.1 Å². The molecule has 1 N–H and O–H groups in total. The van der Waals surface area contributed by atoms with Crippen LogP contribution in [0.25, 0.3) is 0 Å². The molecule has 2 fully saturated rings. The summed E-state index contributed by atoms with van der Waals surface area (Å²) >= 11 is 2.16. The maximum Gasteiger partial charge on any atom is 0.0238 e. The molecule has 0 aromatic carbocycles. The van der Waals surface area contributed by atoms with Crippen molar-refractivity contribution in [3.63, 3.8) is 0 Å². The molecule has 0 aromatic rings. The second-order valence-corrected chi connectivity index (χ2v) is 8.12. The van der Waals surface area contributed by atoms with E-state index < -0.39 is 0 Å². The lowest BCUT2D eigenvalue weighted by Crippen LogP contribution is -2.53. The summed E-state index contributed by atoms with van der Waals surface area (Å²) in [5.74, 6) is 2.69. The maximum atomic E-state index is 3.68. The van der Waals surface area contributed by atoms with Gasteiger partial charge in [-0.1, -0.05) is 27.2 Å². The van der Waals surface area contributed by atoms with Gasteiger partial charge in [-0.25, -0.2) is 0 Å². The third-order valence-corrected chi connectivity index (χ3v) is 5.97. The molecule has 0 radical (unpaired) electrons. The molecule has 0 aliphatic carbocycles. The first-order valence-corrected chi connectivity index (χ1v) is 9.34. The van der Waals surface area contributed by atoms with Crippen molar-refractivity contribution in [3.05, 3.63) is 0 Å². The van der Waals surface area contributed by atoms with Gasteiger partial charge in [0.05, 0.1) is 0 Å². The van der Waals surface area contributed by atoms with Crippen LogP contribution in [0.2, 0.25) is 0 Å². The first kappa shape index (κ1) is 15.7. The minimum absolute atomic E-state index is 0.498. The minimum Gasteiger partial charge on any atom is -0.313 e. The highest BCUT2D eigenvalue weighted by Crippen LogP contribution is 2.37. The molecule has 0 saturated carbocycles. The summed E-state index contributed by atoms with van der Waals surface area (Å²) in [6.45, 7) is 11.1. The van der Waals surface area contributed by atoms with Gasteiger partial charge in [-0.2, -0.15) is 11.8 Å². The van der Waals surface area contributed by atoms with Crippen LogP contribution in [0.3, 0.4) is 0 Å². The van der Waals surface area contributed by atoms with Crippen molar-refractivity contribution in [2.24, 2.45) is 5.41 Å². The average molecular weight is 285 g/mol. The van der Waals surface area contributed by atoms with Gasteiger partial charge in [0.1, 0.15) is 0 Å². The molecule has 2 atom stereocenters. The van der Waals surface area contributed by atoms with E-state index in [2.05, 4.69) is 42.7 Å². The van der Waals surface area contributed by atoms with Gasteiger partial charge in [-0.3, -0.25) is 4.90 Å². The Kier molecular flexibility index (Phi) is 6.04. The molecule has 2 aliphatic heterocycles. The summed E-state index contributed by atoms with van der Waals surface area (Å²) in [6.07, 6.45) is 6.79. The SMILES string of the molecule is CCCCN(CC1CCCN1)C1CSCCC1(C)C. The fraction of sp³-hybridized carbons (Fsp3) is 1.00. The van der Waals surface area contributed by atoms with Crippen LogP contribution in [0.15, 0.2) is 0 Å². The minimum atomic E-state index is 0.498. The molecule has 2 nitrogen and oxygen atoms in total. The fourth-order valence-electron chi connectivity index (χ4n) is 3.45. The van der Waals surface area contributed by atoms with Gasteiger partial charge in [-0.05, 0) is 49.9 Å². The molecule has 3 heteroatoms. The predicted molar refractivity (Wildman–Crippen MR) is 87.0 cm³/mol. The summed E-state index contributed by atoms with van der Waals surface area (Å²) in [5, 5.41) is 3.68. The van der Waals surface area contributed by atoms with E-state index in [1.807, 2.05) is 0 Å². The first-order valence-electron chi connectivity index (χ1n) is 8.18. The van der Waals surface area contributed by atoms with E-state index in [4.69, 9.17) is 0 Å². The summed E-state index contributed by atoms with van der Waals surface area (Å²) < 4.78 is 0. The highest BCUT2D eigenvalue weighted by Gasteiger charge is 2.37. The predicted octanol–water partition coefficient (Wildman–Crippen LogP) is 3.37. The molecule has 2 rings (SSSR count). The van der Waals surface area contributed by atoms with Crippen LogP contribution in [0.1, 0.15) is 52.9 Å². The Morgan fingerprint density at radius 3 is 2.84 bits per heavy atom. The number of hydrogen-bond donors (Lipinski definition) is 1. The fourth-order valence-corrected chi connectivity index (χ4v) is 5.18. The van der Waals surface area contributed by atoms with Crippen LogP contribution < -0.4 is 5.32 Å². The molecule has 0 spiro atoms. The van der Waals surface area contributed by atoms with E-state index in [-0.39, 0.29) is 0 Å². The Balaban J connectivity index is 1.97. The number of unbranched alkanes of at least 4 members (excludes halogenated alkanes) is 1. The molecular weight excluding hydrogens is 252 g/mol. The van der Waals surface area contributed by atoms with Gasteiger partial charge in [0.15, 0.2) is 0 Å². The van der Waals surface area contributed by atoms with Crippen molar-refractivity contribution in [2.45, 2.75) is 65.0 Å². The Labute approximate surface area is 124 Å². The molecule has 0 aromatic heterocycles. The van der Waals surface area contributed by atoms with Gasteiger partial charge in [0, 0.05) is 24.4 Å².